The van der Waals surface area contributed by atoms with Gasteiger partial charge in [0.25, 0.3) is 0 Å². The number of ketones is 1. The second kappa shape index (κ2) is 7.61. The van der Waals surface area contributed by atoms with Crippen LogP contribution in [0.2, 0.25) is 5.02 Å². The number of rotatable bonds is 5. The fourth-order valence-electron chi connectivity index (χ4n) is 2.00. The van der Waals surface area contributed by atoms with Crippen molar-refractivity contribution >= 4 is 34.7 Å². The van der Waals surface area contributed by atoms with E-state index in [1.165, 1.54) is 13.0 Å². The van der Waals surface area contributed by atoms with E-state index in [0.29, 0.717) is 10.6 Å². The number of benzene rings is 2. The van der Waals surface area contributed by atoms with Crippen LogP contribution in [-0.4, -0.2) is 11.7 Å². The van der Waals surface area contributed by atoms with Crippen molar-refractivity contribution in [2.45, 2.75) is 13.8 Å². The van der Waals surface area contributed by atoms with Gasteiger partial charge < -0.3 is 10.6 Å². The zero-order valence-electron chi connectivity index (χ0n) is 12.9. The number of allylic oxidation sites excluding steroid dienone is 2. The topological polar surface area (TPSA) is 58.2 Å². The first-order chi connectivity index (χ1) is 10.9. The van der Waals surface area contributed by atoms with Gasteiger partial charge in [-0.2, -0.15) is 0 Å². The van der Waals surface area contributed by atoms with Crippen LogP contribution < -0.4 is 10.6 Å². The summed E-state index contributed by atoms with van der Waals surface area (Å²) in [7, 11) is 0. The average molecular weight is 329 g/mol. The van der Waals surface area contributed by atoms with Gasteiger partial charge in [-0.1, -0.05) is 11.6 Å². The lowest BCUT2D eigenvalue weighted by molar-refractivity contribution is -0.114. The minimum Gasteiger partial charge on any atom is -0.359 e. The molecule has 4 nitrogen and oxygen atoms in total. The molecule has 0 aliphatic carbocycles. The maximum Gasteiger partial charge on any atom is 0.221 e. The van der Waals surface area contributed by atoms with Crippen LogP contribution in [0.4, 0.5) is 11.4 Å². The van der Waals surface area contributed by atoms with E-state index in [0.717, 1.165) is 17.1 Å². The Bertz CT molecular complexity index is 735. The Morgan fingerprint density at radius 1 is 0.870 bits per heavy atom. The molecular weight excluding hydrogens is 312 g/mol. The average Bonchev–Trinajstić information content (AvgIpc) is 2.49. The number of hydrogen-bond acceptors (Lipinski definition) is 3. The molecule has 0 spiro atoms. The minimum atomic E-state index is -0.115. The van der Waals surface area contributed by atoms with E-state index in [9.17, 15) is 9.59 Å². The molecule has 2 N–H and O–H groups in total. The van der Waals surface area contributed by atoms with E-state index in [4.69, 9.17) is 11.6 Å². The monoisotopic (exact) mass is 328 g/mol. The van der Waals surface area contributed by atoms with E-state index in [2.05, 4.69) is 10.6 Å². The van der Waals surface area contributed by atoms with E-state index in [1.54, 1.807) is 36.4 Å². The summed E-state index contributed by atoms with van der Waals surface area (Å²) in [5.74, 6) is -0.211. The third-order valence-electron chi connectivity index (χ3n) is 3.02. The molecule has 0 bridgehead atoms. The Morgan fingerprint density at radius 2 is 1.39 bits per heavy atom. The fraction of sp³-hybridized carbons (Fsp3) is 0.111. The zero-order chi connectivity index (χ0) is 16.8. The molecule has 2 aromatic carbocycles. The number of hydrogen-bond donors (Lipinski definition) is 2. The molecule has 0 atom stereocenters. The summed E-state index contributed by atoms with van der Waals surface area (Å²) in [4.78, 5) is 23.1. The van der Waals surface area contributed by atoms with Crippen LogP contribution >= 0.6 is 11.6 Å². The van der Waals surface area contributed by atoms with Gasteiger partial charge in [0.05, 0.1) is 0 Å². The van der Waals surface area contributed by atoms with Crippen molar-refractivity contribution in [1.82, 2.24) is 0 Å². The summed E-state index contributed by atoms with van der Waals surface area (Å²) < 4.78 is 0. The summed E-state index contributed by atoms with van der Waals surface area (Å²) in [6, 6.07) is 14.0. The largest absolute Gasteiger partial charge is 0.359 e. The number of nitrogens with one attached hydrogen (secondary N) is 2. The third kappa shape index (κ3) is 5.27. The molecule has 1 amide bonds. The summed E-state index contributed by atoms with van der Waals surface area (Å²) in [6.07, 6.45) is 1.53. The van der Waals surface area contributed by atoms with Gasteiger partial charge in [-0.3, -0.25) is 9.59 Å². The molecule has 0 unspecified atom stereocenters. The smallest absolute Gasteiger partial charge is 0.221 e. The molecule has 23 heavy (non-hydrogen) atoms. The lowest BCUT2D eigenvalue weighted by Crippen LogP contribution is -2.05. The highest BCUT2D eigenvalue weighted by molar-refractivity contribution is 6.30. The molecular formula is C18H17ClN2O2. The second-order valence-electron chi connectivity index (χ2n) is 5.08. The Hall–Kier alpha value is -2.59. The lowest BCUT2D eigenvalue weighted by Gasteiger charge is -2.08. The highest BCUT2D eigenvalue weighted by atomic mass is 35.5. The van der Waals surface area contributed by atoms with Crippen molar-refractivity contribution in [1.29, 1.82) is 0 Å². The van der Waals surface area contributed by atoms with Gasteiger partial charge in [0.1, 0.15) is 0 Å². The van der Waals surface area contributed by atoms with Crippen LogP contribution in [0.3, 0.4) is 0 Å². The number of carbonyl (C=O) groups excluding carboxylic acids is 2. The maximum atomic E-state index is 12.1. The van der Waals surface area contributed by atoms with Crippen LogP contribution in [0, 0.1) is 0 Å². The molecule has 0 aliphatic rings. The Labute approximate surface area is 140 Å². The highest BCUT2D eigenvalue weighted by Gasteiger charge is 2.03. The molecule has 0 fully saturated rings. The van der Waals surface area contributed by atoms with Crippen molar-refractivity contribution in [2.24, 2.45) is 0 Å². The van der Waals surface area contributed by atoms with Crippen molar-refractivity contribution in [3.05, 3.63) is 70.9 Å². The molecule has 0 saturated carbocycles. The first-order valence-corrected chi connectivity index (χ1v) is 7.45. The van der Waals surface area contributed by atoms with Crippen LogP contribution in [0.1, 0.15) is 24.2 Å². The zero-order valence-corrected chi connectivity index (χ0v) is 13.6. The number of halogens is 1. The SMILES string of the molecule is CC(=O)Nc1ccc(NC(C)=CC(=O)c2ccc(Cl)cc2)cc1. The van der Waals surface area contributed by atoms with Crippen molar-refractivity contribution < 1.29 is 9.59 Å². The van der Waals surface area contributed by atoms with Gasteiger partial charge in [0, 0.05) is 40.7 Å². The summed E-state index contributed by atoms with van der Waals surface area (Å²) in [5.41, 5.74) is 2.85. The van der Waals surface area contributed by atoms with Gasteiger partial charge in [-0.15, -0.1) is 0 Å². The fourth-order valence-corrected chi connectivity index (χ4v) is 2.12. The van der Waals surface area contributed by atoms with Gasteiger partial charge in [-0.05, 0) is 55.5 Å². The number of anilines is 2. The molecule has 0 radical (unpaired) electrons. The van der Waals surface area contributed by atoms with Crippen molar-refractivity contribution in [3.63, 3.8) is 0 Å². The first kappa shape index (κ1) is 16.8. The molecule has 0 heterocycles. The molecule has 0 saturated heterocycles. The van der Waals surface area contributed by atoms with Gasteiger partial charge in [0.15, 0.2) is 5.78 Å². The first-order valence-electron chi connectivity index (χ1n) is 7.07. The highest BCUT2D eigenvalue weighted by Crippen LogP contribution is 2.16. The summed E-state index contributed by atoms with van der Waals surface area (Å²) in [5, 5.41) is 6.43. The third-order valence-corrected chi connectivity index (χ3v) is 3.28. The normalized spacial score (nSPS) is 11.0. The van der Waals surface area contributed by atoms with E-state index in [1.807, 2.05) is 19.1 Å². The summed E-state index contributed by atoms with van der Waals surface area (Å²) in [6.45, 7) is 3.27. The molecule has 0 aromatic heterocycles. The standard InChI is InChI=1S/C18H17ClN2O2/c1-12(11-18(23)14-3-5-15(19)6-4-14)20-16-7-9-17(10-8-16)21-13(2)22/h3-11,20H,1-2H3,(H,21,22). The maximum absolute atomic E-state index is 12.1. The molecule has 2 aromatic rings. The Morgan fingerprint density at radius 3 is 1.91 bits per heavy atom. The Kier molecular flexibility index (Phi) is 5.55. The minimum absolute atomic E-state index is 0.0958. The van der Waals surface area contributed by atoms with Crippen molar-refractivity contribution in [2.75, 3.05) is 10.6 Å². The molecule has 118 valence electrons. The van der Waals surface area contributed by atoms with Gasteiger partial charge in [-0.25, -0.2) is 0 Å². The Balaban J connectivity index is 2.02. The van der Waals surface area contributed by atoms with E-state index >= 15 is 0 Å². The van der Waals surface area contributed by atoms with Crippen LogP contribution in [0.5, 0.6) is 0 Å². The predicted molar refractivity (Wildman–Crippen MR) is 93.9 cm³/mol. The van der Waals surface area contributed by atoms with E-state index in [-0.39, 0.29) is 11.7 Å². The van der Waals surface area contributed by atoms with Crippen molar-refractivity contribution in [3.8, 4) is 0 Å². The molecule has 2 rings (SSSR count). The quantitative estimate of drug-likeness (QED) is 0.627. The molecule has 0 aliphatic heterocycles. The lowest BCUT2D eigenvalue weighted by atomic mass is 10.1. The predicted octanol–water partition coefficient (Wildman–Crippen LogP) is 4.50. The number of amides is 1. The van der Waals surface area contributed by atoms with Gasteiger partial charge in [0.2, 0.25) is 5.91 Å². The van der Waals surface area contributed by atoms with E-state index < -0.39 is 0 Å². The molecule has 5 heteroatoms. The van der Waals surface area contributed by atoms with Crippen LogP contribution in [-0.2, 0) is 4.79 Å². The number of carbonyl (C=O) groups is 2. The van der Waals surface area contributed by atoms with Crippen LogP contribution in [0.25, 0.3) is 0 Å². The van der Waals surface area contributed by atoms with Crippen LogP contribution in [0.15, 0.2) is 60.3 Å². The van der Waals surface area contributed by atoms with Gasteiger partial charge >= 0.3 is 0 Å². The summed E-state index contributed by atoms with van der Waals surface area (Å²) >= 11 is 5.81. The second-order valence-corrected chi connectivity index (χ2v) is 5.52.